The molecule has 0 spiro atoms. The Labute approximate surface area is 125 Å². The van der Waals surface area contributed by atoms with Gasteiger partial charge in [0, 0.05) is 17.1 Å². The van der Waals surface area contributed by atoms with E-state index in [1.54, 1.807) is 4.90 Å². The molecule has 1 heterocycles. The van der Waals surface area contributed by atoms with Gasteiger partial charge >= 0.3 is 6.09 Å². The molecule has 0 aliphatic carbocycles. The van der Waals surface area contributed by atoms with Gasteiger partial charge in [-0.15, -0.1) is 12.6 Å². The summed E-state index contributed by atoms with van der Waals surface area (Å²) < 4.78 is 5.47. The van der Waals surface area contributed by atoms with Crippen LogP contribution in [0.25, 0.3) is 0 Å². The van der Waals surface area contributed by atoms with Crippen LogP contribution in [0.15, 0.2) is 23.1 Å². The quantitative estimate of drug-likeness (QED) is 0.614. The zero-order valence-electron chi connectivity index (χ0n) is 12.2. The van der Waals surface area contributed by atoms with Crippen LogP contribution in [0.2, 0.25) is 0 Å². The van der Waals surface area contributed by atoms with E-state index >= 15 is 0 Å². The summed E-state index contributed by atoms with van der Waals surface area (Å²) in [5, 5.41) is 0. The maximum atomic E-state index is 12.3. The molecule has 0 saturated carbocycles. The highest BCUT2D eigenvalue weighted by molar-refractivity contribution is 7.80. The van der Waals surface area contributed by atoms with Crippen molar-refractivity contribution in [3.63, 3.8) is 0 Å². The lowest BCUT2D eigenvalue weighted by Gasteiger charge is -2.29. The fourth-order valence-electron chi connectivity index (χ4n) is 2.47. The van der Waals surface area contributed by atoms with Crippen LogP contribution in [0.1, 0.15) is 45.2 Å². The number of carbonyl (C=O) groups excluding carboxylic acids is 1. The van der Waals surface area contributed by atoms with E-state index in [0.29, 0.717) is 12.2 Å². The van der Waals surface area contributed by atoms with E-state index in [1.807, 2.05) is 39.0 Å². The second-order valence-corrected chi connectivity index (χ2v) is 6.63. The summed E-state index contributed by atoms with van der Waals surface area (Å²) in [6.45, 7) is 6.34. The number of benzene rings is 1. The van der Waals surface area contributed by atoms with Gasteiger partial charge in [-0.05, 0) is 57.4 Å². The number of hydrogen-bond donors (Lipinski definition) is 2. The third kappa shape index (κ3) is 3.39. The van der Waals surface area contributed by atoms with Crippen molar-refractivity contribution in [2.24, 2.45) is 0 Å². The summed E-state index contributed by atoms with van der Waals surface area (Å²) in [7, 11) is 0. The van der Waals surface area contributed by atoms with Gasteiger partial charge in [0.25, 0.3) is 0 Å². The largest absolute Gasteiger partial charge is 0.444 e. The zero-order chi connectivity index (χ0) is 14.9. The number of anilines is 1. The summed E-state index contributed by atoms with van der Waals surface area (Å²) in [5.41, 5.74) is 7.05. The number of thiol groups is 1. The van der Waals surface area contributed by atoms with Crippen molar-refractivity contribution in [3.8, 4) is 0 Å². The number of hydrogen-bond acceptors (Lipinski definition) is 4. The fourth-order valence-corrected chi connectivity index (χ4v) is 2.76. The third-order valence-corrected chi connectivity index (χ3v) is 3.70. The number of likely N-dealkylation sites (tertiary alicyclic amines) is 1. The second-order valence-electron chi connectivity index (χ2n) is 6.15. The molecular formula is C15H22N2O2S. The maximum Gasteiger partial charge on any atom is 0.410 e. The number of carbonyl (C=O) groups is 1. The molecular weight excluding hydrogens is 272 g/mol. The molecule has 0 bridgehead atoms. The molecule has 1 aromatic carbocycles. The molecule has 2 rings (SSSR count). The Kier molecular flexibility index (Phi) is 4.18. The van der Waals surface area contributed by atoms with Gasteiger partial charge in [0.2, 0.25) is 0 Å². The summed E-state index contributed by atoms with van der Waals surface area (Å²) in [5.74, 6) is 0. The minimum Gasteiger partial charge on any atom is -0.444 e. The molecule has 110 valence electrons. The van der Waals surface area contributed by atoms with Crippen LogP contribution >= 0.6 is 12.6 Å². The van der Waals surface area contributed by atoms with Gasteiger partial charge < -0.3 is 15.4 Å². The van der Waals surface area contributed by atoms with E-state index in [-0.39, 0.29) is 12.1 Å². The SMILES string of the molecule is CC(C)(C)OC(=O)N1CCCC1c1cc(N)ccc1S. The summed E-state index contributed by atoms with van der Waals surface area (Å²) in [6, 6.07) is 5.59. The Hall–Kier alpha value is -1.36. The molecule has 1 fully saturated rings. The van der Waals surface area contributed by atoms with Crippen molar-refractivity contribution in [2.75, 3.05) is 12.3 Å². The van der Waals surface area contributed by atoms with Crippen molar-refractivity contribution < 1.29 is 9.53 Å². The number of nitrogens with zero attached hydrogens (tertiary/aromatic N) is 1. The summed E-state index contributed by atoms with van der Waals surface area (Å²) in [6.07, 6.45) is 1.61. The van der Waals surface area contributed by atoms with Gasteiger partial charge in [-0.2, -0.15) is 0 Å². The van der Waals surface area contributed by atoms with E-state index in [4.69, 9.17) is 10.5 Å². The number of amides is 1. The molecule has 1 atom stereocenters. The second kappa shape index (κ2) is 5.56. The third-order valence-electron chi connectivity index (χ3n) is 3.29. The Morgan fingerprint density at radius 1 is 1.45 bits per heavy atom. The zero-order valence-corrected chi connectivity index (χ0v) is 13.1. The van der Waals surface area contributed by atoms with E-state index in [0.717, 1.165) is 23.3 Å². The molecule has 4 nitrogen and oxygen atoms in total. The molecule has 1 amide bonds. The van der Waals surface area contributed by atoms with Gasteiger partial charge in [0.15, 0.2) is 0 Å². The van der Waals surface area contributed by atoms with E-state index < -0.39 is 5.60 Å². The molecule has 1 saturated heterocycles. The van der Waals surface area contributed by atoms with Gasteiger partial charge in [-0.3, -0.25) is 0 Å². The van der Waals surface area contributed by atoms with Crippen molar-refractivity contribution in [1.82, 2.24) is 4.90 Å². The highest BCUT2D eigenvalue weighted by Gasteiger charge is 2.33. The van der Waals surface area contributed by atoms with Gasteiger partial charge in [0.1, 0.15) is 5.60 Å². The van der Waals surface area contributed by atoms with Crippen LogP contribution in [0, 0.1) is 0 Å². The van der Waals surface area contributed by atoms with Gasteiger partial charge in [0.05, 0.1) is 6.04 Å². The predicted molar refractivity (Wildman–Crippen MR) is 83.0 cm³/mol. The lowest BCUT2D eigenvalue weighted by atomic mass is 10.0. The maximum absolute atomic E-state index is 12.3. The average Bonchev–Trinajstić information content (AvgIpc) is 2.79. The van der Waals surface area contributed by atoms with Crippen LogP contribution in [-0.4, -0.2) is 23.1 Å². The molecule has 2 N–H and O–H groups in total. The lowest BCUT2D eigenvalue weighted by Crippen LogP contribution is -2.36. The first-order chi connectivity index (χ1) is 9.28. The summed E-state index contributed by atoms with van der Waals surface area (Å²) in [4.78, 5) is 14.9. The molecule has 0 aromatic heterocycles. The van der Waals surface area contributed by atoms with E-state index in [9.17, 15) is 4.79 Å². The van der Waals surface area contributed by atoms with Crippen LogP contribution in [0.3, 0.4) is 0 Å². The minimum absolute atomic E-state index is 0.000787. The van der Waals surface area contributed by atoms with Crippen molar-refractivity contribution in [1.29, 1.82) is 0 Å². The smallest absolute Gasteiger partial charge is 0.410 e. The van der Waals surface area contributed by atoms with Gasteiger partial charge in [-0.1, -0.05) is 0 Å². The Bertz CT molecular complexity index is 511. The fraction of sp³-hybridized carbons (Fsp3) is 0.533. The average molecular weight is 294 g/mol. The monoisotopic (exact) mass is 294 g/mol. The van der Waals surface area contributed by atoms with E-state index in [2.05, 4.69) is 12.6 Å². The normalized spacial score (nSPS) is 19.2. The predicted octanol–water partition coefficient (Wildman–Crippen LogP) is 3.63. The molecule has 1 aliphatic heterocycles. The highest BCUT2D eigenvalue weighted by Crippen LogP contribution is 2.36. The molecule has 5 heteroatoms. The molecule has 20 heavy (non-hydrogen) atoms. The van der Waals surface area contributed by atoms with Crippen LogP contribution in [0.5, 0.6) is 0 Å². The first kappa shape index (κ1) is 15.0. The Morgan fingerprint density at radius 2 is 2.15 bits per heavy atom. The van der Waals surface area contributed by atoms with Crippen molar-refractivity contribution >= 4 is 24.4 Å². The highest BCUT2D eigenvalue weighted by atomic mass is 32.1. The van der Waals surface area contributed by atoms with Gasteiger partial charge in [-0.25, -0.2) is 4.79 Å². The van der Waals surface area contributed by atoms with Crippen LogP contribution in [-0.2, 0) is 4.74 Å². The standard InChI is InChI=1S/C15H22N2O2S/c1-15(2,3)19-14(18)17-8-4-5-12(17)11-9-10(16)6-7-13(11)20/h6-7,9,12,20H,4-5,8,16H2,1-3H3. The number of rotatable bonds is 1. The lowest BCUT2D eigenvalue weighted by molar-refractivity contribution is 0.0223. The molecule has 0 radical (unpaired) electrons. The Balaban J connectivity index is 2.23. The molecule has 1 aliphatic rings. The number of nitrogens with two attached hydrogens (primary N) is 1. The number of ether oxygens (including phenoxy) is 1. The minimum atomic E-state index is -0.482. The first-order valence-electron chi connectivity index (χ1n) is 6.86. The van der Waals surface area contributed by atoms with Crippen molar-refractivity contribution in [2.45, 2.75) is 50.2 Å². The number of nitrogen functional groups attached to an aromatic ring is 1. The summed E-state index contributed by atoms with van der Waals surface area (Å²) >= 11 is 4.48. The molecule has 1 unspecified atom stereocenters. The first-order valence-corrected chi connectivity index (χ1v) is 7.30. The van der Waals surface area contributed by atoms with Crippen LogP contribution < -0.4 is 5.73 Å². The topological polar surface area (TPSA) is 55.6 Å². The van der Waals surface area contributed by atoms with E-state index in [1.165, 1.54) is 0 Å². The Morgan fingerprint density at radius 3 is 2.80 bits per heavy atom. The van der Waals surface area contributed by atoms with Crippen molar-refractivity contribution in [3.05, 3.63) is 23.8 Å². The molecule has 1 aromatic rings. The van der Waals surface area contributed by atoms with Crippen LogP contribution in [0.4, 0.5) is 10.5 Å².